The molecule has 0 bridgehead atoms. The number of fused-ring (bicyclic) bond motifs is 1. The van der Waals surface area contributed by atoms with E-state index in [0.29, 0.717) is 5.69 Å². The molecule has 0 spiro atoms. The van der Waals surface area contributed by atoms with Crippen LogP contribution in [0.15, 0.2) is 52.3 Å². The molecule has 2 amide bonds. The highest BCUT2D eigenvalue weighted by Gasteiger charge is 2.28. The molecule has 1 aromatic carbocycles. The van der Waals surface area contributed by atoms with Crippen molar-refractivity contribution in [3.63, 3.8) is 0 Å². The van der Waals surface area contributed by atoms with Gasteiger partial charge >= 0.3 is 6.03 Å². The van der Waals surface area contributed by atoms with Crippen LogP contribution in [0, 0.1) is 0 Å². The minimum atomic E-state index is -4.08. The Morgan fingerprint density at radius 3 is 2.75 bits per heavy atom. The highest BCUT2D eigenvalue weighted by atomic mass is 32.2. The second kappa shape index (κ2) is 8.74. The second-order valence-corrected chi connectivity index (χ2v) is 9.72. The molecule has 2 aromatic rings. The van der Waals surface area contributed by atoms with E-state index in [9.17, 15) is 13.2 Å². The first-order chi connectivity index (χ1) is 15.3. The maximum absolute atomic E-state index is 12.8. The first-order valence-electron chi connectivity index (χ1n) is 10.7. The lowest BCUT2D eigenvalue weighted by molar-refractivity contribution is 0.256. The van der Waals surface area contributed by atoms with Crippen LogP contribution in [0.4, 0.5) is 10.5 Å². The van der Waals surface area contributed by atoms with Crippen molar-refractivity contribution in [1.82, 2.24) is 14.5 Å². The number of carbonyl (C=O) groups is 1. The van der Waals surface area contributed by atoms with E-state index in [4.69, 9.17) is 0 Å². The quantitative estimate of drug-likeness (QED) is 0.483. The molecule has 0 atom stereocenters. The molecule has 0 aliphatic heterocycles. The van der Waals surface area contributed by atoms with Crippen LogP contribution >= 0.6 is 0 Å². The summed E-state index contributed by atoms with van der Waals surface area (Å²) in [5, 5.41) is 6.76. The Hall–Kier alpha value is -3.20. The smallest absolute Gasteiger partial charge is 0.306 e. The number of hydrogen-bond donors (Lipinski definition) is 2. The average Bonchev–Trinajstić information content (AvgIpc) is 3.27. The lowest BCUT2D eigenvalue weighted by Gasteiger charge is -2.17. The van der Waals surface area contributed by atoms with E-state index in [0.717, 1.165) is 60.1 Å². The summed E-state index contributed by atoms with van der Waals surface area (Å²) in [5.41, 5.74) is 5.23. The monoisotopic (exact) mass is 453 g/mol. The topological polar surface area (TPSA) is 105 Å². The zero-order valence-corrected chi connectivity index (χ0v) is 19.1. The molecule has 2 N–H and O–H groups in total. The van der Waals surface area contributed by atoms with Crippen LogP contribution in [0.1, 0.15) is 55.8 Å². The van der Waals surface area contributed by atoms with Crippen LogP contribution in [0.25, 0.3) is 5.57 Å². The molecule has 1 aromatic heterocycles. The van der Waals surface area contributed by atoms with Crippen molar-refractivity contribution in [2.45, 2.75) is 57.0 Å². The van der Waals surface area contributed by atoms with E-state index in [-0.39, 0.29) is 11.1 Å². The first kappa shape index (κ1) is 22.0. The van der Waals surface area contributed by atoms with Gasteiger partial charge in [-0.2, -0.15) is 13.5 Å². The van der Waals surface area contributed by atoms with Crippen molar-refractivity contribution in [3.05, 3.63) is 58.9 Å². The van der Waals surface area contributed by atoms with Gasteiger partial charge in [0.1, 0.15) is 0 Å². The van der Waals surface area contributed by atoms with Crippen LogP contribution in [-0.2, 0) is 22.9 Å². The summed E-state index contributed by atoms with van der Waals surface area (Å²) in [7, 11) is -4.08. The summed E-state index contributed by atoms with van der Waals surface area (Å²) in [4.78, 5) is 16.7. The number of urea groups is 1. The van der Waals surface area contributed by atoms with Crippen molar-refractivity contribution >= 4 is 34.0 Å². The molecule has 2 aliphatic carbocycles. The van der Waals surface area contributed by atoms with E-state index in [2.05, 4.69) is 32.9 Å². The van der Waals surface area contributed by atoms with E-state index >= 15 is 0 Å². The molecule has 0 unspecified atom stereocenters. The number of rotatable bonds is 7. The fourth-order valence-corrected chi connectivity index (χ4v) is 4.80. The number of carbonyl (C=O) groups excluding carboxylic acids is 1. The largest absolute Gasteiger partial charge is 0.333 e. The highest BCUT2D eigenvalue weighted by Crippen LogP contribution is 2.36. The number of hydrogen-bond acceptors (Lipinski definition) is 5. The molecule has 8 nitrogen and oxygen atoms in total. The van der Waals surface area contributed by atoms with Gasteiger partial charge in [-0.3, -0.25) is 9.67 Å². The van der Waals surface area contributed by atoms with Gasteiger partial charge in [-0.15, -0.1) is 0 Å². The molecule has 4 rings (SSSR count). The van der Waals surface area contributed by atoms with Gasteiger partial charge in [0.05, 0.1) is 11.7 Å². The van der Waals surface area contributed by atoms with Crippen LogP contribution in [0.3, 0.4) is 0 Å². The van der Waals surface area contributed by atoms with Gasteiger partial charge in [0, 0.05) is 17.5 Å². The first-order valence-corrected chi connectivity index (χ1v) is 12.2. The molecule has 9 heteroatoms. The van der Waals surface area contributed by atoms with Gasteiger partial charge in [0.2, 0.25) is 0 Å². The minimum absolute atomic E-state index is 0.164. The number of benzene rings is 1. The molecular weight excluding hydrogens is 426 g/mol. The molecule has 2 aliphatic rings. The fraction of sp³-hybridized carbons (Fsp3) is 0.348. The number of aliphatic imine (C=N–C) groups is 1. The molecule has 32 heavy (non-hydrogen) atoms. The molecule has 1 saturated carbocycles. The Balaban J connectivity index is 1.62. The van der Waals surface area contributed by atoms with Gasteiger partial charge in [0.15, 0.2) is 5.03 Å². The minimum Gasteiger partial charge on any atom is -0.306 e. The van der Waals surface area contributed by atoms with Crippen LogP contribution in [0.2, 0.25) is 0 Å². The summed E-state index contributed by atoms with van der Waals surface area (Å²) in [5.74, 6) is 0. The van der Waals surface area contributed by atoms with Crippen molar-refractivity contribution in [2.75, 3.05) is 5.32 Å². The number of allylic oxidation sites excluding steroid dienone is 4. The van der Waals surface area contributed by atoms with Gasteiger partial charge in [-0.05, 0) is 81.5 Å². The number of nitrogens with one attached hydrogen (secondary N) is 2. The second-order valence-electron chi connectivity index (χ2n) is 8.09. The SMILES string of the molecule is C=N/C(C)=C\C(=C/C)c1ccc2c(c1NC(=O)NS(=O)(=O)c1ccn(C3CC3)n1)CCC2. The number of amides is 2. The van der Waals surface area contributed by atoms with Crippen molar-refractivity contribution in [2.24, 2.45) is 4.99 Å². The van der Waals surface area contributed by atoms with Crippen LogP contribution in [0.5, 0.6) is 0 Å². The molecule has 1 fully saturated rings. The third kappa shape index (κ3) is 4.52. The summed E-state index contributed by atoms with van der Waals surface area (Å²) in [6.07, 6.45) is 10.1. The average molecular weight is 454 g/mol. The zero-order valence-electron chi connectivity index (χ0n) is 18.3. The lowest BCUT2D eigenvalue weighted by atomic mass is 9.96. The maximum atomic E-state index is 12.8. The predicted octanol–water partition coefficient (Wildman–Crippen LogP) is 4.22. The lowest BCUT2D eigenvalue weighted by Crippen LogP contribution is -2.35. The highest BCUT2D eigenvalue weighted by molar-refractivity contribution is 7.90. The van der Waals surface area contributed by atoms with Crippen molar-refractivity contribution in [1.29, 1.82) is 0 Å². The van der Waals surface area contributed by atoms with Crippen LogP contribution < -0.4 is 10.0 Å². The van der Waals surface area contributed by atoms with Crippen molar-refractivity contribution in [3.8, 4) is 0 Å². The van der Waals surface area contributed by atoms with Gasteiger partial charge in [-0.1, -0.05) is 18.2 Å². The fourth-order valence-electron chi connectivity index (χ4n) is 3.96. The number of anilines is 1. The molecule has 0 radical (unpaired) electrons. The normalized spacial score (nSPS) is 16.6. The maximum Gasteiger partial charge on any atom is 0.333 e. The summed E-state index contributed by atoms with van der Waals surface area (Å²) in [6.45, 7) is 7.30. The Morgan fingerprint density at radius 2 is 2.06 bits per heavy atom. The van der Waals surface area contributed by atoms with E-state index in [1.807, 2.05) is 32.1 Å². The Morgan fingerprint density at radius 1 is 1.28 bits per heavy atom. The summed E-state index contributed by atoms with van der Waals surface area (Å²) >= 11 is 0. The molecule has 1 heterocycles. The third-order valence-corrected chi connectivity index (χ3v) is 6.99. The molecule has 0 saturated heterocycles. The molecule has 168 valence electrons. The standard InChI is InChI=1S/C23H27N5O3S/c1-4-16(14-15(2)24-3)20-11-8-17-6-5-7-19(17)22(20)25-23(29)27-32(30,31)21-12-13-28(26-21)18-9-10-18/h4,8,11-14,18H,3,5-7,9-10H2,1-2H3,(H2,25,27,29)/b15-14-,16-4+. The Kier molecular flexibility index (Phi) is 6.01. The van der Waals surface area contributed by atoms with Crippen LogP contribution in [-0.4, -0.2) is 30.9 Å². The Bertz CT molecular complexity index is 1240. The van der Waals surface area contributed by atoms with E-state index in [1.165, 1.54) is 6.07 Å². The van der Waals surface area contributed by atoms with E-state index in [1.54, 1.807) is 10.9 Å². The summed E-state index contributed by atoms with van der Waals surface area (Å²) < 4.78 is 29.1. The van der Waals surface area contributed by atoms with Gasteiger partial charge in [-0.25, -0.2) is 9.52 Å². The van der Waals surface area contributed by atoms with Crippen molar-refractivity contribution < 1.29 is 13.2 Å². The number of aryl methyl sites for hydroxylation is 1. The Labute approximate surface area is 188 Å². The van der Waals surface area contributed by atoms with Gasteiger partial charge in [0.25, 0.3) is 10.0 Å². The van der Waals surface area contributed by atoms with Gasteiger partial charge < -0.3 is 5.32 Å². The number of nitrogens with zero attached hydrogens (tertiary/aromatic N) is 3. The molecular formula is C23H27N5O3S. The number of sulfonamides is 1. The zero-order chi connectivity index (χ0) is 22.9. The predicted molar refractivity (Wildman–Crippen MR) is 125 cm³/mol. The van der Waals surface area contributed by atoms with E-state index < -0.39 is 16.1 Å². The number of aromatic nitrogens is 2. The third-order valence-electron chi connectivity index (χ3n) is 5.76. The summed E-state index contributed by atoms with van der Waals surface area (Å²) in [6, 6.07) is 4.87.